The number of sulfonamides is 1. The third-order valence-corrected chi connectivity index (χ3v) is 4.54. The highest BCUT2D eigenvalue weighted by Gasteiger charge is 2.16. The minimum absolute atomic E-state index is 0.0764. The molecule has 0 aliphatic heterocycles. The molecule has 0 fully saturated rings. The first-order chi connectivity index (χ1) is 10.2. The van der Waals surface area contributed by atoms with Gasteiger partial charge in [-0.25, -0.2) is 17.9 Å². The Morgan fingerprint density at radius 3 is 2.50 bits per heavy atom. The second kappa shape index (κ2) is 6.15. The van der Waals surface area contributed by atoms with Crippen molar-refractivity contribution in [3.63, 3.8) is 0 Å². The molecule has 0 aromatic heterocycles. The summed E-state index contributed by atoms with van der Waals surface area (Å²) in [4.78, 5) is 12.0. The molecule has 0 unspecified atom stereocenters. The normalized spacial score (nSPS) is 11.3. The second-order valence-corrected chi connectivity index (χ2v) is 7.02. The summed E-state index contributed by atoms with van der Waals surface area (Å²) in [5.74, 6) is -1.03. The minimum Gasteiger partial charge on any atom is -0.322 e. The molecule has 2 rings (SSSR count). The molecule has 116 valence electrons. The Labute approximate surface area is 135 Å². The molecule has 3 N–H and O–H groups in total. The quantitative estimate of drug-likeness (QED) is 0.849. The summed E-state index contributed by atoms with van der Waals surface area (Å²) in [6.45, 7) is 1.60. The maximum absolute atomic E-state index is 13.5. The van der Waals surface area contributed by atoms with Crippen LogP contribution in [0.15, 0.2) is 45.8 Å². The van der Waals surface area contributed by atoms with E-state index in [0.29, 0.717) is 10.0 Å². The molecule has 0 atom stereocenters. The van der Waals surface area contributed by atoms with Gasteiger partial charge in [0.15, 0.2) is 0 Å². The molecule has 0 spiro atoms. The van der Waals surface area contributed by atoms with Crippen molar-refractivity contribution in [1.29, 1.82) is 0 Å². The Hall–Kier alpha value is -1.77. The Kier molecular flexibility index (Phi) is 4.64. The molecule has 0 aliphatic rings. The van der Waals surface area contributed by atoms with E-state index in [1.54, 1.807) is 13.0 Å². The average molecular weight is 387 g/mol. The topological polar surface area (TPSA) is 89.3 Å². The molecular weight excluding hydrogens is 375 g/mol. The van der Waals surface area contributed by atoms with Crippen LogP contribution in [0.25, 0.3) is 0 Å². The summed E-state index contributed by atoms with van der Waals surface area (Å²) in [5.41, 5.74) is 0.795. The van der Waals surface area contributed by atoms with Crippen molar-refractivity contribution in [2.45, 2.75) is 11.8 Å². The molecule has 0 aliphatic carbocycles. The zero-order valence-corrected chi connectivity index (χ0v) is 13.8. The number of halogens is 2. The van der Waals surface area contributed by atoms with Gasteiger partial charge in [-0.05, 0) is 58.7 Å². The molecule has 8 heteroatoms. The minimum atomic E-state index is -3.92. The van der Waals surface area contributed by atoms with Gasteiger partial charge in [-0.1, -0.05) is 6.07 Å². The van der Waals surface area contributed by atoms with E-state index in [1.807, 2.05) is 0 Å². The molecule has 2 aromatic rings. The Balaban J connectivity index is 2.35. The Bertz CT molecular complexity index is 853. The molecule has 0 radical (unpaired) electrons. The van der Waals surface area contributed by atoms with E-state index < -0.39 is 21.7 Å². The number of aryl methyl sites for hydroxylation is 1. The van der Waals surface area contributed by atoms with Crippen molar-refractivity contribution in [3.8, 4) is 0 Å². The Morgan fingerprint density at radius 2 is 1.91 bits per heavy atom. The van der Waals surface area contributed by atoms with Crippen LogP contribution in [0.1, 0.15) is 15.9 Å². The van der Waals surface area contributed by atoms with Crippen molar-refractivity contribution >= 4 is 37.5 Å². The third-order valence-electron chi connectivity index (χ3n) is 2.94. The van der Waals surface area contributed by atoms with Crippen LogP contribution in [-0.4, -0.2) is 14.3 Å². The zero-order chi connectivity index (χ0) is 16.5. The predicted octanol–water partition coefficient (Wildman–Crippen LogP) is 2.80. The molecule has 0 heterocycles. The van der Waals surface area contributed by atoms with Crippen molar-refractivity contribution in [2.24, 2.45) is 5.14 Å². The number of amides is 1. The maximum atomic E-state index is 13.5. The van der Waals surface area contributed by atoms with Gasteiger partial charge in [0.05, 0.1) is 10.5 Å². The van der Waals surface area contributed by atoms with Crippen molar-refractivity contribution < 1.29 is 17.6 Å². The van der Waals surface area contributed by atoms with Gasteiger partial charge in [-0.3, -0.25) is 4.79 Å². The average Bonchev–Trinajstić information content (AvgIpc) is 2.42. The molecule has 22 heavy (non-hydrogen) atoms. The van der Waals surface area contributed by atoms with E-state index in [1.165, 1.54) is 24.3 Å². The predicted molar refractivity (Wildman–Crippen MR) is 84.6 cm³/mol. The highest BCUT2D eigenvalue weighted by Crippen LogP contribution is 2.22. The first-order valence-electron chi connectivity index (χ1n) is 6.08. The summed E-state index contributed by atoms with van der Waals surface area (Å²) >= 11 is 3.17. The lowest BCUT2D eigenvalue weighted by Gasteiger charge is -2.09. The lowest BCUT2D eigenvalue weighted by molar-refractivity contribution is 0.102. The highest BCUT2D eigenvalue weighted by atomic mass is 79.9. The summed E-state index contributed by atoms with van der Waals surface area (Å²) in [6.07, 6.45) is 0. The number of carbonyl (C=O) groups excluding carboxylic acids is 1. The van der Waals surface area contributed by atoms with Crippen LogP contribution >= 0.6 is 15.9 Å². The van der Waals surface area contributed by atoms with Crippen molar-refractivity contribution in [3.05, 3.63) is 57.8 Å². The van der Waals surface area contributed by atoms with E-state index in [4.69, 9.17) is 5.14 Å². The number of primary sulfonamides is 1. The zero-order valence-electron chi connectivity index (χ0n) is 11.4. The molecule has 5 nitrogen and oxygen atoms in total. The first-order valence-corrected chi connectivity index (χ1v) is 8.42. The van der Waals surface area contributed by atoms with Crippen LogP contribution < -0.4 is 10.5 Å². The smallest absolute Gasteiger partial charge is 0.256 e. The summed E-state index contributed by atoms with van der Waals surface area (Å²) < 4.78 is 36.6. The fraction of sp³-hybridized carbons (Fsp3) is 0.0714. The fourth-order valence-electron chi connectivity index (χ4n) is 1.72. The number of nitrogens with two attached hydrogens (primary N) is 1. The lowest BCUT2D eigenvalue weighted by atomic mass is 10.2. The number of hydrogen-bond donors (Lipinski definition) is 2. The van der Waals surface area contributed by atoms with Gasteiger partial charge in [0.25, 0.3) is 5.91 Å². The van der Waals surface area contributed by atoms with Gasteiger partial charge in [0.1, 0.15) is 5.82 Å². The van der Waals surface area contributed by atoms with Gasteiger partial charge >= 0.3 is 0 Å². The molecule has 2 aromatic carbocycles. The summed E-state index contributed by atoms with van der Waals surface area (Å²) in [7, 11) is -3.92. The maximum Gasteiger partial charge on any atom is 0.256 e. The number of carbonyl (C=O) groups is 1. The monoisotopic (exact) mass is 386 g/mol. The summed E-state index contributed by atoms with van der Waals surface area (Å²) in [5, 5.41) is 7.54. The van der Waals surface area contributed by atoms with E-state index in [0.717, 1.165) is 6.07 Å². The number of hydrogen-bond acceptors (Lipinski definition) is 3. The van der Waals surface area contributed by atoms with E-state index in [2.05, 4.69) is 21.2 Å². The third kappa shape index (κ3) is 3.70. The Morgan fingerprint density at radius 1 is 1.23 bits per heavy atom. The van der Waals surface area contributed by atoms with Gasteiger partial charge in [-0.2, -0.15) is 0 Å². The van der Waals surface area contributed by atoms with E-state index in [-0.39, 0.29) is 16.1 Å². The molecule has 0 saturated carbocycles. The largest absolute Gasteiger partial charge is 0.322 e. The van der Waals surface area contributed by atoms with Crippen LogP contribution in [-0.2, 0) is 10.0 Å². The van der Waals surface area contributed by atoms with E-state index in [9.17, 15) is 17.6 Å². The SMILES string of the molecule is Cc1ccc(NC(=O)c2cc(S(N)(=O)=O)ccc2Br)cc1F. The van der Waals surface area contributed by atoms with Crippen LogP contribution in [0.4, 0.5) is 10.1 Å². The van der Waals surface area contributed by atoms with E-state index >= 15 is 0 Å². The van der Waals surface area contributed by atoms with Crippen LogP contribution in [0, 0.1) is 12.7 Å². The van der Waals surface area contributed by atoms with Gasteiger partial charge in [0, 0.05) is 10.2 Å². The van der Waals surface area contributed by atoms with Crippen LogP contribution in [0.5, 0.6) is 0 Å². The highest BCUT2D eigenvalue weighted by molar-refractivity contribution is 9.10. The van der Waals surface area contributed by atoms with Crippen molar-refractivity contribution in [2.75, 3.05) is 5.32 Å². The van der Waals surface area contributed by atoms with Crippen LogP contribution in [0.3, 0.4) is 0 Å². The number of anilines is 1. The number of rotatable bonds is 3. The summed E-state index contributed by atoms with van der Waals surface area (Å²) in [6, 6.07) is 8.10. The van der Waals surface area contributed by atoms with Crippen molar-refractivity contribution in [1.82, 2.24) is 0 Å². The molecule has 0 saturated heterocycles. The van der Waals surface area contributed by atoms with Gasteiger partial charge in [0.2, 0.25) is 10.0 Å². The first kappa shape index (κ1) is 16.6. The van der Waals surface area contributed by atoms with Gasteiger partial charge < -0.3 is 5.32 Å². The lowest BCUT2D eigenvalue weighted by Crippen LogP contribution is -2.16. The van der Waals surface area contributed by atoms with Gasteiger partial charge in [-0.15, -0.1) is 0 Å². The second-order valence-electron chi connectivity index (χ2n) is 4.60. The number of benzene rings is 2. The number of nitrogens with one attached hydrogen (secondary N) is 1. The fourth-order valence-corrected chi connectivity index (χ4v) is 2.69. The van der Waals surface area contributed by atoms with Crippen LogP contribution in [0.2, 0.25) is 0 Å². The molecular formula is C14H12BrFN2O3S. The molecule has 1 amide bonds. The molecule has 0 bridgehead atoms. The standard InChI is InChI=1S/C14H12BrFN2O3S/c1-8-2-3-9(6-13(8)16)18-14(19)11-7-10(22(17,20)21)4-5-12(11)15/h2-7H,1H3,(H,18,19)(H2,17,20,21).